The monoisotopic (exact) mass is 251 g/mol. The molecule has 0 aliphatic heterocycles. The van der Waals surface area contributed by atoms with Crippen molar-refractivity contribution >= 4 is 11.6 Å². The Morgan fingerprint density at radius 1 is 1.41 bits per heavy atom. The van der Waals surface area contributed by atoms with Gasteiger partial charge in [0.25, 0.3) is 5.89 Å². The lowest BCUT2D eigenvalue weighted by atomic mass is 10.2. The molecular formula is C12H14ClN3O. The second kappa shape index (κ2) is 5.29. The molecule has 0 saturated carbocycles. The standard InChI is InChI=1S/C12H14ClN3O/c1-8(14-2)7-11-15-12(17-16-11)9-5-3-4-6-10(9)13/h3-6,8,14H,7H2,1-2H3. The van der Waals surface area contributed by atoms with E-state index in [1.54, 1.807) is 6.07 Å². The van der Waals surface area contributed by atoms with Crippen LogP contribution >= 0.6 is 11.6 Å². The van der Waals surface area contributed by atoms with E-state index < -0.39 is 0 Å². The molecular weight excluding hydrogens is 238 g/mol. The van der Waals surface area contributed by atoms with Crippen LogP contribution < -0.4 is 5.32 Å². The lowest BCUT2D eigenvalue weighted by Gasteiger charge is -2.04. The second-order valence-electron chi connectivity index (χ2n) is 3.89. The van der Waals surface area contributed by atoms with Gasteiger partial charge in [-0.2, -0.15) is 4.98 Å². The molecule has 0 bridgehead atoms. The molecule has 5 heteroatoms. The summed E-state index contributed by atoms with van der Waals surface area (Å²) in [6, 6.07) is 7.73. The van der Waals surface area contributed by atoms with Crippen LogP contribution in [0.1, 0.15) is 12.7 Å². The van der Waals surface area contributed by atoms with Crippen molar-refractivity contribution in [2.24, 2.45) is 0 Å². The van der Waals surface area contributed by atoms with Crippen LogP contribution in [-0.2, 0) is 6.42 Å². The zero-order chi connectivity index (χ0) is 12.3. The van der Waals surface area contributed by atoms with Crippen molar-refractivity contribution in [1.82, 2.24) is 15.5 Å². The number of hydrogen-bond acceptors (Lipinski definition) is 4. The molecule has 1 heterocycles. The Morgan fingerprint density at radius 2 is 2.18 bits per heavy atom. The number of nitrogens with one attached hydrogen (secondary N) is 1. The Bertz CT molecular complexity index is 498. The first kappa shape index (κ1) is 12.1. The normalized spacial score (nSPS) is 12.6. The molecule has 1 N–H and O–H groups in total. The summed E-state index contributed by atoms with van der Waals surface area (Å²) >= 11 is 6.06. The highest BCUT2D eigenvalue weighted by atomic mass is 35.5. The maximum absolute atomic E-state index is 6.06. The van der Waals surface area contributed by atoms with Gasteiger partial charge in [-0.25, -0.2) is 0 Å². The molecule has 0 radical (unpaired) electrons. The Hall–Kier alpha value is -1.39. The molecule has 0 saturated heterocycles. The van der Waals surface area contributed by atoms with Gasteiger partial charge < -0.3 is 9.84 Å². The summed E-state index contributed by atoms with van der Waals surface area (Å²) in [5.74, 6) is 1.15. The first-order valence-electron chi connectivity index (χ1n) is 5.45. The number of halogens is 1. The summed E-state index contributed by atoms with van der Waals surface area (Å²) in [6.45, 7) is 2.06. The van der Waals surface area contributed by atoms with E-state index in [-0.39, 0.29) is 0 Å². The Morgan fingerprint density at radius 3 is 2.88 bits per heavy atom. The van der Waals surface area contributed by atoms with Gasteiger partial charge in [-0.1, -0.05) is 28.9 Å². The molecule has 0 aliphatic carbocycles. The van der Waals surface area contributed by atoms with E-state index in [1.807, 2.05) is 25.2 Å². The minimum absolute atomic E-state index is 0.312. The van der Waals surface area contributed by atoms with Crippen LogP contribution in [0.2, 0.25) is 5.02 Å². The minimum atomic E-state index is 0.312. The van der Waals surface area contributed by atoms with Crippen LogP contribution in [0.4, 0.5) is 0 Å². The number of likely N-dealkylation sites (N-methyl/N-ethyl adjacent to an activating group) is 1. The third-order valence-electron chi connectivity index (χ3n) is 2.55. The predicted molar refractivity (Wildman–Crippen MR) is 67.0 cm³/mol. The van der Waals surface area contributed by atoms with E-state index >= 15 is 0 Å². The fraction of sp³-hybridized carbons (Fsp3) is 0.333. The summed E-state index contributed by atoms with van der Waals surface area (Å²) in [6.07, 6.45) is 0.727. The Kier molecular flexibility index (Phi) is 3.76. The van der Waals surface area contributed by atoms with Gasteiger partial charge in [-0.3, -0.25) is 0 Å². The van der Waals surface area contributed by atoms with Crippen molar-refractivity contribution in [1.29, 1.82) is 0 Å². The molecule has 1 atom stereocenters. The average Bonchev–Trinajstić information content (AvgIpc) is 2.78. The fourth-order valence-corrected chi connectivity index (χ4v) is 1.67. The number of benzene rings is 1. The van der Waals surface area contributed by atoms with E-state index in [9.17, 15) is 0 Å². The fourth-order valence-electron chi connectivity index (χ4n) is 1.46. The van der Waals surface area contributed by atoms with E-state index in [2.05, 4.69) is 22.4 Å². The second-order valence-corrected chi connectivity index (χ2v) is 4.30. The highest BCUT2D eigenvalue weighted by Gasteiger charge is 2.12. The molecule has 90 valence electrons. The summed E-state index contributed by atoms with van der Waals surface area (Å²) in [5.41, 5.74) is 0.769. The summed E-state index contributed by atoms with van der Waals surface area (Å²) in [5, 5.41) is 7.68. The summed E-state index contributed by atoms with van der Waals surface area (Å²) in [4.78, 5) is 4.33. The molecule has 1 aromatic heterocycles. The van der Waals surface area contributed by atoms with Crippen molar-refractivity contribution in [3.05, 3.63) is 35.1 Å². The van der Waals surface area contributed by atoms with Crippen LogP contribution in [0.25, 0.3) is 11.5 Å². The van der Waals surface area contributed by atoms with Crippen LogP contribution in [0.15, 0.2) is 28.8 Å². The van der Waals surface area contributed by atoms with Gasteiger partial charge in [0.05, 0.1) is 10.6 Å². The highest BCUT2D eigenvalue weighted by molar-refractivity contribution is 6.33. The molecule has 4 nitrogen and oxygen atoms in total. The molecule has 1 unspecified atom stereocenters. The van der Waals surface area contributed by atoms with Crippen LogP contribution in [-0.4, -0.2) is 23.2 Å². The van der Waals surface area contributed by atoms with Crippen molar-refractivity contribution in [3.63, 3.8) is 0 Å². The highest BCUT2D eigenvalue weighted by Crippen LogP contribution is 2.25. The zero-order valence-corrected chi connectivity index (χ0v) is 10.5. The maximum Gasteiger partial charge on any atom is 0.259 e. The van der Waals surface area contributed by atoms with Crippen LogP contribution in [0.3, 0.4) is 0 Å². The van der Waals surface area contributed by atoms with Crippen LogP contribution in [0, 0.1) is 0 Å². The quantitative estimate of drug-likeness (QED) is 0.907. The van der Waals surface area contributed by atoms with Crippen LogP contribution in [0.5, 0.6) is 0 Å². The van der Waals surface area contributed by atoms with Crippen molar-refractivity contribution in [3.8, 4) is 11.5 Å². The predicted octanol–water partition coefficient (Wildman–Crippen LogP) is 2.54. The minimum Gasteiger partial charge on any atom is -0.334 e. The summed E-state index contributed by atoms with van der Waals surface area (Å²) < 4.78 is 5.20. The zero-order valence-electron chi connectivity index (χ0n) is 9.77. The molecule has 1 aromatic carbocycles. The maximum atomic E-state index is 6.06. The first-order chi connectivity index (χ1) is 8.20. The third kappa shape index (κ3) is 2.84. The van der Waals surface area contributed by atoms with E-state index in [1.165, 1.54) is 0 Å². The van der Waals surface area contributed by atoms with Gasteiger partial charge in [-0.05, 0) is 26.1 Å². The van der Waals surface area contributed by atoms with Crippen molar-refractivity contribution < 1.29 is 4.52 Å². The number of aromatic nitrogens is 2. The Labute approximate surface area is 105 Å². The molecule has 2 rings (SSSR count). The number of hydrogen-bond donors (Lipinski definition) is 1. The van der Waals surface area contributed by atoms with Crippen molar-refractivity contribution in [2.75, 3.05) is 7.05 Å². The number of rotatable bonds is 4. The molecule has 0 amide bonds. The molecule has 0 fully saturated rings. The summed E-state index contributed by atoms with van der Waals surface area (Å²) in [7, 11) is 1.90. The van der Waals surface area contributed by atoms with E-state index in [0.29, 0.717) is 22.8 Å². The lowest BCUT2D eigenvalue weighted by molar-refractivity contribution is 0.418. The van der Waals surface area contributed by atoms with Gasteiger partial charge in [-0.15, -0.1) is 0 Å². The van der Waals surface area contributed by atoms with E-state index in [4.69, 9.17) is 16.1 Å². The van der Waals surface area contributed by atoms with Gasteiger partial charge in [0, 0.05) is 12.5 Å². The Balaban J connectivity index is 2.21. The average molecular weight is 252 g/mol. The van der Waals surface area contributed by atoms with Gasteiger partial charge >= 0.3 is 0 Å². The number of nitrogens with zero attached hydrogens (tertiary/aromatic N) is 2. The van der Waals surface area contributed by atoms with Gasteiger partial charge in [0.15, 0.2) is 5.82 Å². The SMILES string of the molecule is CNC(C)Cc1noc(-c2ccccc2Cl)n1. The molecule has 2 aromatic rings. The van der Waals surface area contributed by atoms with Gasteiger partial charge in [0.2, 0.25) is 0 Å². The molecule has 17 heavy (non-hydrogen) atoms. The third-order valence-corrected chi connectivity index (χ3v) is 2.88. The topological polar surface area (TPSA) is 51.0 Å². The molecule has 0 aliphatic rings. The van der Waals surface area contributed by atoms with Gasteiger partial charge in [0.1, 0.15) is 0 Å². The molecule has 0 spiro atoms. The van der Waals surface area contributed by atoms with Crippen molar-refractivity contribution in [2.45, 2.75) is 19.4 Å². The first-order valence-corrected chi connectivity index (χ1v) is 5.83. The lowest BCUT2D eigenvalue weighted by Crippen LogP contribution is -2.24. The smallest absolute Gasteiger partial charge is 0.259 e. The van der Waals surface area contributed by atoms with E-state index in [0.717, 1.165) is 12.0 Å². The largest absolute Gasteiger partial charge is 0.334 e.